The van der Waals surface area contributed by atoms with E-state index in [1.54, 1.807) is 0 Å². The molecular weight excluding hydrogens is 247 g/mol. The minimum absolute atomic E-state index is 0.0326. The van der Waals surface area contributed by atoms with Gasteiger partial charge in [0.05, 0.1) is 17.6 Å². The van der Waals surface area contributed by atoms with Crippen molar-refractivity contribution in [2.24, 2.45) is 0 Å². The Hall–Kier alpha value is -1.63. The van der Waals surface area contributed by atoms with Gasteiger partial charge < -0.3 is 4.90 Å². The molecule has 0 fully saturated rings. The first kappa shape index (κ1) is 13.4. The standard InChI is InChI=1S/C10H13FN2O3S/c1-7(14)13(2)10-5-4-8(11)6-9(10)12-17(3,15)16/h4-6,12H,1-3H3. The van der Waals surface area contributed by atoms with Crippen LogP contribution in [-0.2, 0) is 14.8 Å². The van der Waals surface area contributed by atoms with Crippen LogP contribution in [-0.4, -0.2) is 27.6 Å². The van der Waals surface area contributed by atoms with Crippen LogP contribution in [0.4, 0.5) is 15.8 Å². The Morgan fingerprint density at radius 3 is 2.47 bits per heavy atom. The molecule has 0 bridgehead atoms. The van der Waals surface area contributed by atoms with Gasteiger partial charge in [-0.3, -0.25) is 9.52 Å². The quantitative estimate of drug-likeness (QED) is 0.887. The summed E-state index contributed by atoms with van der Waals surface area (Å²) in [6.07, 6.45) is 0.954. The summed E-state index contributed by atoms with van der Waals surface area (Å²) in [4.78, 5) is 12.4. The zero-order chi connectivity index (χ0) is 13.2. The third-order valence-corrected chi connectivity index (χ3v) is 2.68. The summed E-state index contributed by atoms with van der Waals surface area (Å²) in [6.45, 7) is 1.33. The van der Waals surface area contributed by atoms with Crippen molar-refractivity contribution < 1.29 is 17.6 Å². The van der Waals surface area contributed by atoms with Crippen molar-refractivity contribution in [3.63, 3.8) is 0 Å². The molecule has 7 heteroatoms. The summed E-state index contributed by atoms with van der Waals surface area (Å²) in [5.41, 5.74) is 0.328. The maximum Gasteiger partial charge on any atom is 0.229 e. The fourth-order valence-corrected chi connectivity index (χ4v) is 1.81. The van der Waals surface area contributed by atoms with Crippen LogP contribution < -0.4 is 9.62 Å². The molecule has 0 unspecified atom stereocenters. The molecule has 1 aromatic rings. The summed E-state index contributed by atoms with van der Waals surface area (Å²) in [5, 5.41) is 0. The average molecular weight is 260 g/mol. The number of rotatable bonds is 3. The number of hydrogen-bond donors (Lipinski definition) is 1. The van der Waals surface area contributed by atoms with E-state index < -0.39 is 15.8 Å². The second-order valence-corrected chi connectivity index (χ2v) is 5.36. The SMILES string of the molecule is CC(=O)N(C)c1ccc(F)cc1NS(C)(=O)=O. The van der Waals surface area contributed by atoms with Crippen molar-refractivity contribution in [3.8, 4) is 0 Å². The first-order valence-electron chi connectivity index (χ1n) is 4.72. The van der Waals surface area contributed by atoms with Gasteiger partial charge in [0.1, 0.15) is 5.82 Å². The first-order chi connectivity index (χ1) is 7.70. The number of sulfonamides is 1. The van der Waals surface area contributed by atoms with Crippen LogP contribution in [0.3, 0.4) is 0 Å². The Labute approximate surface area is 99.3 Å². The van der Waals surface area contributed by atoms with Crippen LogP contribution in [0.5, 0.6) is 0 Å². The van der Waals surface area contributed by atoms with E-state index in [0.717, 1.165) is 18.4 Å². The van der Waals surface area contributed by atoms with Gasteiger partial charge in [0.25, 0.3) is 0 Å². The molecule has 17 heavy (non-hydrogen) atoms. The summed E-state index contributed by atoms with van der Waals surface area (Å²) < 4.78 is 37.5. The van der Waals surface area contributed by atoms with Gasteiger partial charge in [-0.15, -0.1) is 0 Å². The molecule has 1 amide bonds. The fraction of sp³-hybridized carbons (Fsp3) is 0.300. The molecule has 0 saturated heterocycles. The monoisotopic (exact) mass is 260 g/mol. The van der Waals surface area contributed by atoms with Crippen molar-refractivity contribution in [1.29, 1.82) is 0 Å². The van der Waals surface area contributed by atoms with Gasteiger partial charge in [0.2, 0.25) is 15.9 Å². The molecule has 0 atom stereocenters. The van der Waals surface area contributed by atoms with Crippen LogP contribution in [0.15, 0.2) is 18.2 Å². The van der Waals surface area contributed by atoms with Gasteiger partial charge in [-0.2, -0.15) is 0 Å². The zero-order valence-electron chi connectivity index (χ0n) is 9.69. The highest BCUT2D eigenvalue weighted by Crippen LogP contribution is 2.26. The normalized spacial score (nSPS) is 11.1. The molecule has 0 aliphatic carbocycles. The predicted molar refractivity (Wildman–Crippen MR) is 64.0 cm³/mol. The van der Waals surface area contributed by atoms with E-state index in [-0.39, 0.29) is 11.6 Å². The van der Waals surface area contributed by atoms with Crippen LogP contribution in [0.1, 0.15) is 6.92 Å². The number of benzene rings is 1. The molecule has 1 aromatic carbocycles. The molecule has 1 rings (SSSR count). The maximum absolute atomic E-state index is 13.0. The Balaban J connectivity index is 3.26. The molecule has 94 valence electrons. The van der Waals surface area contributed by atoms with Gasteiger partial charge in [-0.1, -0.05) is 0 Å². The van der Waals surface area contributed by atoms with Crippen LogP contribution in [0, 0.1) is 5.82 Å². The van der Waals surface area contributed by atoms with Gasteiger partial charge in [-0.05, 0) is 12.1 Å². The molecule has 5 nitrogen and oxygen atoms in total. The van der Waals surface area contributed by atoms with Crippen molar-refractivity contribution in [3.05, 3.63) is 24.0 Å². The molecular formula is C10H13FN2O3S. The molecule has 0 saturated carbocycles. The van der Waals surface area contributed by atoms with E-state index in [2.05, 4.69) is 4.72 Å². The summed E-state index contributed by atoms with van der Waals surface area (Å²) in [5.74, 6) is -0.870. The summed E-state index contributed by atoms with van der Waals surface area (Å²) in [7, 11) is -2.06. The number of anilines is 2. The summed E-state index contributed by atoms with van der Waals surface area (Å²) in [6, 6.07) is 3.52. The lowest BCUT2D eigenvalue weighted by Gasteiger charge is -2.19. The van der Waals surface area contributed by atoms with Gasteiger partial charge in [0.15, 0.2) is 0 Å². The van der Waals surface area contributed by atoms with E-state index in [9.17, 15) is 17.6 Å². The Bertz CT molecular complexity index is 542. The third kappa shape index (κ3) is 3.70. The Kier molecular flexibility index (Phi) is 3.72. The third-order valence-electron chi connectivity index (χ3n) is 2.09. The van der Waals surface area contributed by atoms with E-state index in [1.165, 1.54) is 24.9 Å². The summed E-state index contributed by atoms with van der Waals surface area (Å²) >= 11 is 0. The highest BCUT2D eigenvalue weighted by atomic mass is 32.2. The van der Waals surface area contributed by atoms with E-state index in [4.69, 9.17) is 0 Å². The van der Waals surface area contributed by atoms with Crippen molar-refractivity contribution in [1.82, 2.24) is 0 Å². The molecule has 1 N–H and O–H groups in total. The number of amides is 1. The Morgan fingerprint density at radius 2 is 2.00 bits per heavy atom. The lowest BCUT2D eigenvalue weighted by molar-refractivity contribution is -0.116. The molecule has 0 heterocycles. The minimum Gasteiger partial charge on any atom is -0.314 e. The maximum atomic E-state index is 13.0. The highest BCUT2D eigenvalue weighted by molar-refractivity contribution is 7.92. The number of nitrogens with zero attached hydrogens (tertiary/aromatic N) is 1. The topological polar surface area (TPSA) is 66.5 Å². The second-order valence-electron chi connectivity index (χ2n) is 3.61. The van der Waals surface area contributed by atoms with Gasteiger partial charge in [0, 0.05) is 20.0 Å². The number of carbonyl (C=O) groups is 1. The van der Waals surface area contributed by atoms with Crippen molar-refractivity contribution >= 4 is 27.3 Å². The Morgan fingerprint density at radius 1 is 1.41 bits per heavy atom. The molecule has 0 aliphatic heterocycles. The molecule has 0 aliphatic rings. The van der Waals surface area contributed by atoms with E-state index >= 15 is 0 Å². The van der Waals surface area contributed by atoms with Crippen molar-refractivity contribution in [2.75, 3.05) is 22.9 Å². The smallest absolute Gasteiger partial charge is 0.229 e. The largest absolute Gasteiger partial charge is 0.314 e. The van der Waals surface area contributed by atoms with E-state index in [0.29, 0.717) is 5.69 Å². The predicted octanol–water partition coefficient (Wildman–Crippen LogP) is 1.18. The molecule has 0 radical (unpaired) electrons. The van der Waals surface area contributed by atoms with E-state index in [1.807, 2.05) is 0 Å². The lowest BCUT2D eigenvalue weighted by Crippen LogP contribution is -2.24. The van der Waals surface area contributed by atoms with Crippen LogP contribution in [0.25, 0.3) is 0 Å². The van der Waals surface area contributed by atoms with Crippen LogP contribution in [0.2, 0.25) is 0 Å². The van der Waals surface area contributed by atoms with Gasteiger partial charge >= 0.3 is 0 Å². The lowest BCUT2D eigenvalue weighted by atomic mass is 10.2. The fourth-order valence-electron chi connectivity index (χ4n) is 1.25. The molecule has 0 spiro atoms. The zero-order valence-corrected chi connectivity index (χ0v) is 10.5. The van der Waals surface area contributed by atoms with Crippen LogP contribution >= 0.6 is 0 Å². The van der Waals surface area contributed by atoms with Gasteiger partial charge in [-0.25, -0.2) is 12.8 Å². The van der Waals surface area contributed by atoms with Crippen molar-refractivity contribution in [2.45, 2.75) is 6.92 Å². The second kappa shape index (κ2) is 4.70. The highest BCUT2D eigenvalue weighted by Gasteiger charge is 2.14. The first-order valence-corrected chi connectivity index (χ1v) is 6.61. The number of carbonyl (C=O) groups excluding carboxylic acids is 1. The minimum atomic E-state index is -3.53. The molecule has 0 aromatic heterocycles. The number of hydrogen-bond acceptors (Lipinski definition) is 3. The number of nitrogens with one attached hydrogen (secondary N) is 1. The number of halogens is 1. The average Bonchev–Trinajstić information content (AvgIpc) is 2.14.